The average Bonchev–Trinajstić information content (AvgIpc) is 2.30. The molecule has 0 fully saturated rings. The normalized spacial score (nSPS) is 13.9. The van der Waals surface area contributed by atoms with Crippen LogP contribution in [0.2, 0.25) is 0 Å². The molecule has 0 rings (SSSR count). The van der Waals surface area contributed by atoms with Gasteiger partial charge in [-0.2, -0.15) is 0 Å². The molecule has 0 aliphatic heterocycles. The maximum absolute atomic E-state index is 13.1. The third kappa shape index (κ3) is 68.4. The van der Waals surface area contributed by atoms with E-state index < -0.39 is 97.5 Å². The van der Waals surface area contributed by atoms with Gasteiger partial charge >= 0.3 is 39.5 Å². The van der Waals surface area contributed by atoms with E-state index in [1.165, 1.54) is 218 Å². The predicted molar refractivity (Wildman–Crippen MR) is 377 cm³/mol. The third-order valence-electron chi connectivity index (χ3n) is 17.4. The summed E-state index contributed by atoms with van der Waals surface area (Å²) < 4.78 is 68.4. The Morgan fingerprint density at radius 2 is 0.430 bits per heavy atom. The van der Waals surface area contributed by atoms with E-state index in [4.69, 9.17) is 37.0 Å². The minimum absolute atomic E-state index is 0.107. The van der Waals surface area contributed by atoms with Crippen molar-refractivity contribution >= 4 is 39.5 Å². The highest BCUT2D eigenvalue weighted by atomic mass is 31.2. The summed E-state index contributed by atoms with van der Waals surface area (Å²) in [5.41, 5.74) is 0. The van der Waals surface area contributed by atoms with Crippen molar-refractivity contribution in [3.05, 3.63) is 0 Å². The van der Waals surface area contributed by atoms with E-state index >= 15 is 0 Å². The maximum atomic E-state index is 13.1. The number of aliphatic hydroxyl groups is 1. The minimum atomic E-state index is -4.95. The molecular weight excluding hydrogens is 1220 g/mol. The summed E-state index contributed by atoms with van der Waals surface area (Å²) in [7, 11) is -9.90. The van der Waals surface area contributed by atoms with Gasteiger partial charge in [0.1, 0.15) is 19.3 Å². The molecule has 0 saturated heterocycles. The summed E-state index contributed by atoms with van der Waals surface area (Å²) in [4.78, 5) is 72.6. The number of carbonyl (C=O) groups is 4. The van der Waals surface area contributed by atoms with Crippen molar-refractivity contribution < 1.29 is 80.2 Å². The molecule has 0 amide bonds. The highest BCUT2D eigenvalue weighted by Gasteiger charge is 2.30. The van der Waals surface area contributed by atoms with Gasteiger partial charge in [-0.25, -0.2) is 9.13 Å². The van der Waals surface area contributed by atoms with Crippen LogP contribution in [0.3, 0.4) is 0 Å². The van der Waals surface area contributed by atoms with Gasteiger partial charge in [-0.1, -0.05) is 342 Å². The fraction of sp³-hybridized carbons (Fsp3) is 0.946. The van der Waals surface area contributed by atoms with Gasteiger partial charge in [0.15, 0.2) is 12.2 Å². The fourth-order valence-electron chi connectivity index (χ4n) is 11.4. The third-order valence-corrected chi connectivity index (χ3v) is 19.3. The Labute approximate surface area is 568 Å². The number of carbonyl (C=O) groups excluding carboxylic acids is 4. The molecule has 0 aliphatic carbocycles. The SMILES string of the molecule is CCCCCCCCCCCCCCCCCCCCCC(=O)O[C@H](COC(=O)CCCCCCCCCCCCCCCCC)COP(=O)(O)OC[C@@H](O)COP(=O)(O)OC[C@@H](COC(=O)CCCCCCCCCC)OC(=O)CCCCCCCCCCCCC. The number of rotatable bonds is 75. The van der Waals surface area contributed by atoms with E-state index in [2.05, 4.69) is 27.7 Å². The molecule has 0 aromatic carbocycles. The first kappa shape index (κ1) is 91.1. The van der Waals surface area contributed by atoms with E-state index in [0.29, 0.717) is 25.7 Å². The molecule has 0 aromatic heterocycles. The zero-order chi connectivity index (χ0) is 68.2. The van der Waals surface area contributed by atoms with Crippen LogP contribution in [0.1, 0.15) is 394 Å². The van der Waals surface area contributed by atoms with Crippen LogP contribution >= 0.6 is 15.6 Å². The van der Waals surface area contributed by atoms with Gasteiger partial charge in [-0.15, -0.1) is 0 Å². The second-order valence-electron chi connectivity index (χ2n) is 26.7. The Morgan fingerprint density at radius 1 is 0.258 bits per heavy atom. The Hall–Kier alpha value is -1.94. The second-order valence-corrected chi connectivity index (χ2v) is 29.6. The highest BCUT2D eigenvalue weighted by Crippen LogP contribution is 2.45. The lowest BCUT2D eigenvalue weighted by molar-refractivity contribution is -0.161. The van der Waals surface area contributed by atoms with Crippen molar-refractivity contribution in [2.24, 2.45) is 0 Å². The molecular formula is C74H144O17P2. The first-order valence-corrected chi connectivity index (χ1v) is 41.8. The van der Waals surface area contributed by atoms with E-state index in [9.17, 15) is 43.2 Å². The number of aliphatic hydroxyl groups excluding tert-OH is 1. The van der Waals surface area contributed by atoms with Crippen LogP contribution < -0.4 is 0 Å². The molecule has 17 nitrogen and oxygen atoms in total. The van der Waals surface area contributed by atoms with Gasteiger partial charge in [0.2, 0.25) is 0 Å². The molecule has 0 heterocycles. The van der Waals surface area contributed by atoms with Crippen molar-refractivity contribution in [3.8, 4) is 0 Å². The zero-order valence-electron chi connectivity index (χ0n) is 60.2. The van der Waals surface area contributed by atoms with Gasteiger partial charge in [0, 0.05) is 25.7 Å². The summed E-state index contributed by atoms with van der Waals surface area (Å²) in [5.74, 6) is -2.12. The summed E-state index contributed by atoms with van der Waals surface area (Å²) >= 11 is 0. The summed E-state index contributed by atoms with van der Waals surface area (Å²) in [6, 6.07) is 0. The van der Waals surface area contributed by atoms with Crippen LogP contribution in [-0.4, -0.2) is 96.7 Å². The maximum Gasteiger partial charge on any atom is 0.472 e. The van der Waals surface area contributed by atoms with Crippen LogP contribution in [0.15, 0.2) is 0 Å². The smallest absolute Gasteiger partial charge is 0.462 e. The molecule has 93 heavy (non-hydrogen) atoms. The summed E-state index contributed by atoms with van der Waals surface area (Å²) in [6.07, 6.45) is 58.3. The molecule has 19 heteroatoms. The predicted octanol–water partition coefficient (Wildman–Crippen LogP) is 21.8. The topological polar surface area (TPSA) is 237 Å². The number of ether oxygens (including phenoxy) is 4. The molecule has 0 bridgehead atoms. The lowest BCUT2D eigenvalue weighted by Crippen LogP contribution is -2.30. The molecule has 552 valence electrons. The van der Waals surface area contributed by atoms with E-state index in [1.54, 1.807) is 0 Å². The number of phosphoric acid groups is 2. The number of esters is 4. The summed E-state index contributed by atoms with van der Waals surface area (Å²) in [6.45, 7) is 4.95. The number of hydrogen-bond acceptors (Lipinski definition) is 15. The van der Waals surface area contributed by atoms with E-state index in [-0.39, 0.29) is 25.7 Å². The van der Waals surface area contributed by atoms with E-state index in [1.807, 2.05) is 0 Å². The van der Waals surface area contributed by atoms with E-state index in [0.717, 1.165) is 96.3 Å². The molecule has 3 N–H and O–H groups in total. The molecule has 0 aromatic rings. The van der Waals surface area contributed by atoms with Crippen molar-refractivity contribution in [2.45, 2.75) is 412 Å². The number of unbranched alkanes of at least 4 members (excludes halogenated alkanes) is 49. The van der Waals surface area contributed by atoms with Gasteiger partial charge < -0.3 is 33.8 Å². The van der Waals surface area contributed by atoms with Gasteiger partial charge in [0.25, 0.3) is 0 Å². The second kappa shape index (κ2) is 68.6. The van der Waals surface area contributed by atoms with Crippen molar-refractivity contribution in [1.29, 1.82) is 0 Å². The quantitative estimate of drug-likeness (QED) is 0.0222. The Morgan fingerprint density at radius 3 is 0.634 bits per heavy atom. The Bertz CT molecular complexity index is 1770. The summed E-state index contributed by atoms with van der Waals surface area (Å²) in [5, 5.41) is 10.6. The fourth-order valence-corrected chi connectivity index (χ4v) is 13.0. The van der Waals surface area contributed by atoms with Crippen molar-refractivity contribution in [2.75, 3.05) is 39.6 Å². The lowest BCUT2D eigenvalue weighted by Gasteiger charge is -2.21. The largest absolute Gasteiger partial charge is 0.472 e. The highest BCUT2D eigenvalue weighted by molar-refractivity contribution is 7.47. The van der Waals surface area contributed by atoms with Crippen LogP contribution in [0.5, 0.6) is 0 Å². The minimum Gasteiger partial charge on any atom is -0.462 e. The molecule has 0 radical (unpaired) electrons. The first-order valence-electron chi connectivity index (χ1n) is 38.8. The van der Waals surface area contributed by atoms with Crippen LogP contribution in [0, 0.1) is 0 Å². The number of hydrogen-bond donors (Lipinski definition) is 3. The van der Waals surface area contributed by atoms with Gasteiger partial charge in [-0.3, -0.25) is 37.3 Å². The lowest BCUT2D eigenvalue weighted by atomic mass is 10.0. The van der Waals surface area contributed by atoms with Crippen LogP contribution in [-0.2, 0) is 65.4 Å². The van der Waals surface area contributed by atoms with Gasteiger partial charge in [0.05, 0.1) is 26.4 Å². The van der Waals surface area contributed by atoms with Crippen molar-refractivity contribution in [3.63, 3.8) is 0 Å². The molecule has 0 spiro atoms. The molecule has 0 aliphatic rings. The number of phosphoric ester groups is 2. The Balaban J connectivity index is 5.19. The van der Waals surface area contributed by atoms with Crippen LogP contribution in [0.25, 0.3) is 0 Å². The Kier molecular flexibility index (Phi) is 67.1. The molecule has 0 saturated carbocycles. The zero-order valence-corrected chi connectivity index (χ0v) is 62.0. The average molecular weight is 1370 g/mol. The standard InChI is InChI=1S/C74H144O17P2/c1-5-9-13-17-21-25-28-30-32-33-34-35-37-39-42-45-49-53-57-61-74(79)91-70(65-85-72(77)59-55-51-47-43-41-38-36-31-29-26-22-18-14-10-6-2)67-89-93(82,83)87-63-68(75)62-86-92(80,81)88-66-69(64-84-71(76)58-54-50-46-24-20-16-12-8-4)90-73(78)60-56-52-48-44-40-27-23-19-15-11-7-3/h68-70,75H,5-67H2,1-4H3,(H,80,81)(H,82,83)/t68-,69+,70+/m0/s1. The molecule has 5 atom stereocenters. The van der Waals surface area contributed by atoms with Crippen molar-refractivity contribution in [1.82, 2.24) is 0 Å². The van der Waals surface area contributed by atoms with Crippen LogP contribution in [0.4, 0.5) is 0 Å². The van der Waals surface area contributed by atoms with Gasteiger partial charge in [-0.05, 0) is 25.7 Å². The first-order chi connectivity index (χ1) is 45.2. The monoisotopic (exact) mass is 1370 g/mol. The molecule has 2 unspecified atom stereocenters.